The molecular weight excluding hydrogens is 347 g/mol. The van der Waals surface area contributed by atoms with E-state index in [0.29, 0.717) is 0 Å². The summed E-state index contributed by atoms with van der Waals surface area (Å²) in [5.74, 6) is 0. The Kier molecular flexibility index (Phi) is 5.51. The fourth-order valence-corrected chi connectivity index (χ4v) is 2.09. The minimum atomic E-state index is 0.885. The van der Waals surface area contributed by atoms with Crippen molar-refractivity contribution in [2.24, 2.45) is 10.2 Å². The lowest BCUT2D eigenvalue weighted by atomic mass is 10.1. The Labute approximate surface area is 128 Å². The fraction of sp³-hybridized carbons (Fsp3) is 0.250. The van der Waals surface area contributed by atoms with Gasteiger partial charge in [0.05, 0.1) is 11.4 Å². The average Bonchev–Trinajstić information content (AvgIpc) is 2.46. The first kappa shape index (κ1) is 14.2. The first-order chi connectivity index (χ1) is 9.28. The van der Waals surface area contributed by atoms with Gasteiger partial charge in [-0.1, -0.05) is 25.5 Å². The summed E-state index contributed by atoms with van der Waals surface area (Å²) in [6.07, 6.45) is 3.61. The van der Waals surface area contributed by atoms with Gasteiger partial charge in [-0.3, -0.25) is 0 Å². The van der Waals surface area contributed by atoms with Gasteiger partial charge in [0.15, 0.2) is 0 Å². The van der Waals surface area contributed by atoms with Crippen LogP contribution in [0.25, 0.3) is 0 Å². The standard InChI is InChI=1S/C16H17IN2/c1-2-3-4-13-5-9-15(10-6-13)18-19-16-11-7-14(17)8-12-16/h5-12H,2-4H2,1H3. The molecule has 0 saturated carbocycles. The van der Waals surface area contributed by atoms with Crippen molar-refractivity contribution in [1.82, 2.24) is 0 Å². The molecule has 0 aromatic heterocycles. The van der Waals surface area contributed by atoms with E-state index < -0.39 is 0 Å². The number of unbranched alkanes of at least 4 members (excludes halogenated alkanes) is 1. The summed E-state index contributed by atoms with van der Waals surface area (Å²) in [4.78, 5) is 0. The second-order valence-corrected chi connectivity index (χ2v) is 5.69. The second kappa shape index (κ2) is 7.38. The van der Waals surface area contributed by atoms with Crippen LogP contribution >= 0.6 is 22.6 Å². The summed E-state index contributed by atoms with van der Waals surface area (Å²) in [6, 6.07) is 16.3. The highest BCUT2D eigenvalue weighted by Crippen LogP contribution is 2.20. The van der Waals surface area contributed by atoms with Crippen LogP contribution in [0, 0.1) is 3.57 Å². The van der Waals surface area contributed by atoms with Crippen molar-refractivity contribution >= 4 is 34.0 Å². The molecule has 0 aliphatic carbocycles. The van der Waals surface area contributed by atoms with E-state index in [4.69, 9.17) is 0 Å². The van der Waals surface area contributed by atoms with Gasteiger partial charge in [0.1, 0.15) is 0 Å². The fourth-order valence-electron chi connectivity index (χ4n) is 1.73. The molecule has 19 heavy (non-hydrogen) atoms. The van der Waals surface area contributed by atoms with Gasteiger partial charge < -0.3 is 0 Å². The monoisotopic (exact) mass is 364 g/mol. The van der Waals surface area contributed by atoms with Crippen LogP contribution in [-0.4, -0.2) is 0 Å². The summed E-state index contributed by atoms with van der Waals surface area (Å²) in [5, 5.41) is 8.48. The van der Waals surface area contributed by atoms with Gasteiger partial charge in [-0.2, -0.15) is 10.2 Å². The molecule has 0 aliphatic heterocycles. The molecule has 98 valence electrons. The van der Waals surface area contributed by atoms with Crippen LogP contribution in [0.3, 0.4) is 0 Å². The number of benzene rings is 2. The molecule has 0 atom stereocenters. The average molecular weight is 364 g/mol. The topological polar surface area (TPSA) is 24.7 Å². The van der Waals surface area contributed by atoms with E-state index in [1.807, 2.05) is 36.4 Å². The predicted octanol–water partition coefficient (Wildman–Crippen LogP) is 6.05. The lowest BCUT2D eigenvalue weighted by molar-refractivity contribution is 0.795. The first-order valence-corrected chi connectivity index (χ1v) is 7.62. The van der Waals surface area contributed by atoms with Gasteiger partial charge >= 0.3 is 0 Å². The van der Waals surface area contributed by atoms with E-state index in [2.05, 4.69) is 51.9 Å². The number of halogens is 1. The van der Waals surface area contributed by atoms with E-state index >= 15 is 0 Å². The Balaban J connectivity index is 2.00. The van der Waals surface area contributed by atoms with Crippen molar-refractivity contribution in [3.63, 3.8) is 0 Å². The van der Waals surface area contributed by atoms with Gasteiger partial charge in [0, 0.05) is 3.57 Å². The number of nitrogens with zero attached hydrogens (tertiary/aromatic N) is 2. The van der Waals surface area contributed by atoms with Crippen molar-refractivity contribution in [3.8, 4) is 0 Å². The summed E-state index contributed by atoms with van der Waals surface area (Å²) in [5.41, 5.74) is 3.16. The molecule has 2 rings (SSSR count). The molecule has 2 aromatic carbocycles. The third-order valence-corrected chi connectivity index (χ3v) is 3.58. The van der Waals surface area contributed by atoms with Crippen LogP contribution < -0.4 is 0 Å². The Hall–Kier alpha value is -1.23. The van der Waals surface area contributed by atoms with Crippen molar-refractivity contribution in [1.29, 1.82) is 0 Å². The molecule has 0 heterocycles. The van der Waals surface area contributed by atoms with Crippen LogP contribution in [0.5, 0.6) is 0 Å². The van der Waals surface area contributed by atoms with E-state index in [1.54, 1.807) is 0 Å². The van der Waals surface area contributed by atoms with E-state index in [0.717, 1.165) is 17.8 Å². The molecule has 2 nitrogen and oxygen atoms in total. The van der Waals surface area contributed by atoms with Crippen LogP contribution in [0.4, 0.5) is 11.4 Å². The first-order valence-electron chi connectivity index (χ1n) is 6.54. The van der Waals surface area contributed by atoms with Crippen LogP contribution in [0.1, 0.15) is 25.3 Å². The third kappa shape index (κ3) is 4.74. The molecule has 0 unspecified atom stereocenters. The highest BCUT2D eigenvalue weighted by molar-refractivity contribution is 14.1. The zero-order valence-electron chi connectivity index (χ0n) is 11.0. The highest BCUT2D eigenvalue weighted by atomic mass is 127. The summed E-state index contributed by atoms with van der Waals surface area (Å²) < 4.78 is 1.21. The minimum absolute atomic E-state index is 0.885. The Morgan fingerprint density at radius 2 is 1.37 bits per heavy atom. The van der Waals surface area contributed by atoms with E-state index in [9.17, 15) is 0 Å². The Morgan fingerprint density at radius 3 is 1.89 bits per heavy atom. The lowest BCUT2D eigenvalue weighted by Crippen LogP contribution is -1.82. The number of rotatable bonds is 5. The normalized spacial score (nSPS) is 11.1. The molecule has 3 heteroatoms. The highest BCUT2D eigenvalue weighted by Gasteiger charge is 1.94. The number of hydrogen-bond acceptors (Lipinski definition) is 2. The summed E-state index contributed by atoms with van der Waals surface area (Å²) in [7, 11) is 0. The summed E-state index contributed by atoms with van der Waals surface area (Å²) in [6.45, 7) is 2.21. The zero-order chi connectivity index (χ0) is 13.5. The van der Waals surface area contributed by atoms with Gasteiger partial charge in [-0.15, -0.1) is 0 Å². The van der Waals surface area contributed by atoms with E-state index in [-0.39, 0.29) is 0 Å². The van der Waals surface area contributed by atoms with Crippen molar-refractivity contribution < 1.29 is 0 Å². The number of azo groups is 1. The Morgan fingerprint density at radius 1 is 0.842 bits per heavy atom. The quantitative estimate of drug-likeness (QED) is 0.456. The maximum Gasteiger partial charge on any atom is 0.0857 e. The smallest absolute Gasteiger partial charge is 0.0857 e. The Bertz CT molecular complexity index is 530. The minimum Gasteiger partial charge on any atom is -0.151 e. The lowest BCUT2D eigenvalue weighted by Gasteiger charge is -1.99. The van der Waals surface area contributed by atoms with Crippen molar-refractivity contribution in [2.45, 2.75) is 26.2 Å². The molecule has 0 radical (unpaired) electrons. The van der Waals surface area contributed by atoms with E-state index in [1.165, 1.54) is 22.0 Å². The molecule has 0 spiro atoms. The molecule has 0 N–H and O–H groups in total. The summed E-state index contributed by atoms with van der Waals surface area (Å²) >= 11 is 2.28. The molecule has 0 bridgehead atoms. The van der Waals surface area contributed by atoms with Gasteiger partial charge in [-0.25, -0.2) is 0 Å². The maximum absolute atomic E-state index is 4.25. The molecular formula is C16H17IN2. The van der Waals surface area contributed by atoms with Crippen molar-refractivity contribution in [2.75, 3.05) is 0 Å². The second-order valence-electron chi connectivity index (χ2n) is 4.45. The third-order valence-electron chi connectivity index (χ3n) is 2.86. The van der Waals surface area contributed by atoms with Crippen LogP contribution in [0.2, 0.25) is 0 Å². The van der Waals surface area contributed by atoms with Gasteiger partial charge in [0.25, 0.3) is 0 Å². The predicted molar refractivity (Wildman–Crippen MR) is 88.4 cm³/mol. The largest absolute Gasteiger partial charge is 0.151 e. The molecule has 0 fully saturated rings. The van der Waals surface area contributed by atoms with Gasteiger partial charge in [0.2, 0.25) is 0 Å². The zero-order valence-corrected chi connectivity index (χ0v) is 13.2. The molecule has 0 saturated heterocycles. The molecule has 0 amide bonds. The van der Waals surface area contributed by atoms with Gasteiger partial charge in [-0.05, 0) is 77.4 Å². The maximum atomic E-state index is 4.25. The number of aryl methyl sites for hydroxylation is 1. The molecule has 0 aliphatic rings. The van der Waals surface area contributed by atoms with Crippen LogP contribution in [-0.2, 0) is 6.42 Å². The molecule has 2 aromatic rings. The SMILES string of the molecule is CCCCc1ccc(N=Nc2ccc(I)cc2)cc1. The number of hydrogen-bond donors (Lipinski definition) is 0. The van der Waals surface area contributed by atoms with Crippen molar-refractivity contribution in [3.05, 3.63) is 57.7 Å². The van der Waals surface area contributed by atoms with Crippen LogP contribution in [0.15, 0.2) is 58.8 Å².